The van der Waals surface area contributed by atoms with Crippen molar-refractivity contribution in [3.05, 3.63) is 22.8 Å². The lowest BCUT2D eigenvalue weighted by molar-refractivity contribution is 0.0368. The number of aromatic nitrogens is 1. The zero-order valence-corrected chi connectivity index (χ0v) is 11.6. The standard InChI is InChI=1S/C12H18BrN3O/c1-10(9-16-5-7-17-8-6-16)15-12-11(13)3-2-4-14-12/h2-4,10H,5-9H2,1H3,(H,14,15). The third-order valence-corrected chi connectivity index (χ3v) is 3.42. The highest BCUT2D eigenvalue weighted by Gasteiger charge is 2.14. The van der Waals surface area contributed by atoms with Crippen LogP contribution in [0.2, 0.25) is 0 Å². The summed E-state index contributed by atoms with van der Waals surface area (Å²) in [6.07, 6.45) is 1.80. The average molecular weight is 300 g/mol. The van der Waals surface area contributed by atoms with E-state index in [0.717, 1.165) is 43.1 Å². The molecule has 1 aliphatic heterocycles. The molecule has 17 heavy (non-hydrogen) atoms. The van der Waals surface area contributed by atoms with Crippen molar-refractivity contribution in [1.82, 2.24) is 9.88 Å². The molecule has 0 spiro atoms. The lowest BCUT2D eigenvalue weighted by Gasteiger charge is -2.29. The Labute approximate surface area is 110 Å². The Kier molecular flexibility index (Phi) is 4.76. The molecule has 1 atom stereocenters. The second kappa shape index (κ2) is 6.33. The van der Waals surface area contributed by atoms with E-state index in [4.69, 9.17) is 4.74 Å². The van der Waals surface area contributed by atoms with E-state index in [1.165, 1.54) is 0 Å². The zero-order chi connectivity index (χ0) is 12.1. The Morgan fingerprint density at radius 1 is 1.53 bits per heavy atom. The van der Waals surface area contributed by atoms with Crippen molar-refractivity contribution in [1.29, 1.82) is 0 Å². The number of nitrogens with zero attached hydrogens (tertiary/aromatic N) is 2. The summed E-state index contributed by atoms with van der Waals surface area (Å²) in [5.41, 5.74) is 0. The number of rotatable bonds is 4. The molecule has 1 fully saturated rings. The highest BCUT2D eigenvalue weighted by Crippen LogP contribution is 2.19. The second-order valence-corrected chi connectivity index (χ2v) is 5.15. The van der Waals surface area contributed by atoms with Gasteiger partial charge in [0.05, 0.1) is 17.7 Å². The minimum atomic E-state index is 0.374. The largest absolute Gasteiger partial charge is 0.379 e. The van der Waals surface area contributed by atoms with Gasteiger partial charge in [-0.05, 0) is 35.0 Å². The van der Waals surface area contributed by atoms with Crippen LogP contribution in [0.1, 0.15) is 6.92 Å². The first kappa shape index (κ1) is 12.8. The molecule has 0 aliphatic carbocycles. The highest BCUT2D eigenvalue weighted by atomic mass is 79.9. The van der Waals surface area contributed by atoms with E-state index in [2.05, 4.69) is 38.1 Å². The predicted molar refractivity (Wildman–Crippen MR) is 72.3 cm³/mol. The monoisotopic (exact) mass is 299 g/mol. The maximum absolute atomic E-state index is 5.34. The van der Waals surface area contributed by atoms with Crippen molar-refractivity contribution in [2.75, 3.05) is 38.2 Å². The van der Waals surface area contributed by atoms with E-state index in [1.54, 1.807) is 6.20 Å². The molecule has 1 unspecified atom stereocenters. The maximum Gasteiger partial charge on any atom is 0.140 e. The second-order valence-electron chi connectivity index (χ2n) is 4.29. The van der Waals surface area contributed by atoms with E-state index in [1.807, 2.05) is 12.1 Å². The van der Waals surface area contributed by atoms with Gasteiger partial charge in [0.2, 0.25) is 0 Å². The van der Waals surface area contributed by atoms with Crippen molar-refractivity contribution in [2.24, 2.45) is 0 Å². The molecule has 2 heterocycles. The fourth-order valence-corrected chi connectivity index (χ4v) is 2.31. The first-order chi connectivity index (χ1) is 8.25. The third kappa shape index (κ3) is 3.94. The highest BCUT2D eigenvalue weighted by molar-refractivity contribution is 9.10. The molecule has 1 aromatic rings. The van der Waals surface area contributed by atoms with Crippen molar-refractivity contribution < 1.29 is 4.74 Å². The van der Waals surface area contributed by atoms with Crippen LogP contribution in [0.15, 0.2) is 22.8 Å². The van der Waals surface area contributed by atoms with E-state index in [9.17, 15) is 0 Å². The summed E-state index contributed by atoms with van der Waals surface area (Å²) in [6, 6.07) is 4.29. The Bertz CT molecular complexity index is 355. The van der Waals surface area contributed by atoms with Crippen LogP contribution >= 0.6 is 15.9 Å². The molecule has 5 heteroatoms. The van der Waals surface area contributed by atoms with Gasteiger partial charge in [-0.3, -0.25) is 4.90 Å². The number of ether oxygens (including phenoxy) is 1. The molecule has 0 aromatic carbocycles. The summed E-state index contributed by atoms with van der Waals surface area (Å²) in [7, 11) is 0. The van der Waals surface area contributed by atoms with E-state index < -0.39 is 0 Å². The van der Waals surface area contributed by atoms with Gasteiger partial charge in [-0.2, -0.15) is 0 Å². The number of hydrogen-bond donors (Lipinski definition) is 1. The predicted octanol–water partition coefficient (Wildman–Crippen LogP) is 1.98. The van der Waals surface area contributed by atoms with Crippen molar-refractivity contribution in [3.8, 4) is 0 Å². The van der Waals surface area contributed by atoms with Crippen LogP contribution in [0.5, 0.6) is 0 Å². The topological polar surface area (TPSA) is 37.4 Å². The minimum absolute atomic E-state index is 0.374. The Balaban J connectivity index is 1.84. The molecule has 0 amide bonds. The van der Waals surface area contributed by atoms with Gasteiger partial charge in [-0.1, -0.05) is 0 Å². The average Bonchev–Trinajstić information content (AvgIpc) is 2.33. The van der Waals surface area contributed by atoms with Crippen LogP contribution in [-0.2, 0) is 4.74 Å². The summed E-state index contributed by atoms with van der Waals surface area (Å²) >= 11 is 3.49. The van der Waals surface area contributed by atoms with Gasteiger partial charge in [0.25, 0.3) is 0 Å². The SMILES string of the molecule is CC(CN1CCOCC1)Nc1ncccc1Br. The molecule has 4 nitrogen and oxygen atoms in total. The molecule has 0 saturated carbocycles. The summed E-state index contributed by atoms with van der Waals surface area (Å²) in [5.74, 6) is 0.910. The Morgan fingerprint density at radius 2 is 2.29 bits per heavy atom. The molecule has 94 valence electrons. The zero-order valence-electron chi connectivity index (χ0n) is 10.0. The van der Waals surface area contributed by atoms with Crippen molar-refractivity contribution in [2.45, 2.75) is 13.0 Å². The summed E-state index contributed by atoms with van der Waals surface area (Å²) in [6.45, 7) is 6.94. The van der Waals surface area contributed by atoms with Crippen LogP contribution in [0.3, 0.4) is 0 Å². The number of pyridine rings is 1. The third-order valence-electron chi connectivity index (χ3n) is 2.78. The minimum Gasteiger partial charge on any atom is -0.379 e. The molecular formula is C12H18BrN3O. The van der Waals surface area contributed by atoms with E-state index in [-0.39, 0.29) is 0 Å². The number of anilines is 1. The van der Waals surface area contributed by atoms with Crippen LogP contribution in [-0.4, -0.2) is 48.8 Å². The maximum atomic E-state index is 5.34. The van der Waals surface area contributed by atoms with Crippen LogP contribution in [0.25, 0.3) is 0 Å². The summed E-state index contributed by atoms with van der Waals surface area (Å²) < 4.78 is 6.34. The first-order valence-electron chi connectivity index (χ1n) is 5.93. The van der Waals surface area contributed by atoms with Crippen molar-refractivity contribution in [3.63, 3.8) is 0 Å². The number of nitrogens with one attached hydrogen (secondary N) is 1. The van der Waals surface area contributed by atoms with Gasteiger partial charge >= 0.3 is 0 Å². The van der Waals surface area contributed by atoms with Crippen LogP contribution < -0.4 is 5.32 Å². The van der Waals surface area contributed by atoms with E-state index >= 15 is 0 Å². The molecule has 1 N–H and O–H groups in total. The Morgan fingerprint density at radius 3 is 3.00 bits per heavy atom. The summed E-state index contributed by atoms with van der Waals surface area (Å²) in [4.78, 5) is 6.72. The first-order valence-corrected chi connectivity index (χ1v) is 6.72. The van der Waals surface area contributed by atoms with Crippen LogP contribution in [0.4, 0.5) is 5.82 Å². The lowest BCUT2D eigenvalue weighted by Crippen LogP contribution is -2.42. The molecule has 2 rings (SSSR count). The van der Waals surface area contributed by atoms with Gasteiger partial charge < -0.3 is 10.1 Å². The quantitative estimate of drug-likeness (QED) is 0.922. The lowest BCUT2D eigenvalue weighted by atomic mass is 10.3. The van der Waals surface area contributed by atoms with Gasteiger partial charge in [0.15, 0.2) is 0 Å². The van der Waals surface area contributed by atoms with Gasteiger partial charge in [-0.25, -0.2) is 4.98 Å². The van der Waals surface area contributed by atoms with Gasteiger partial charge in [0, 0.05) is 31.9 Å². The molecule has 1 aliphatic rings. The molecule has 1 aromatic heterocycles. The summed E-state index contributed by atoms with van der Waals surface area (Å²) in [5, 5.41) is 3.42. The molecule has 1 saturated heterocycles. The molecular weight excluding hydrogens is 282 g/mol. The van der Waals surface area contributed by atoms with E-state index in [0.29, 0.717) is 6.04 Å². The number of morpholine rings is 1. The number of halogens is 1. The van der Waals surface area contributed by atoms with Crippen LogP contribution in [0, 0.1) is 0 Å². The number of hydrogen-bond acceptors (Lipinski definition) is 4. The fraction of sp³-hybridized carbons (Fsp3) is 0.583. The van der Waals surface area contributed by atoms with Gasteiger partial charge in [-0.15, -0.1) is 0 Å². The van der Waals surface area contributed by atoms with Crippen molar-refractivity contribution >= 4 is 21.7 Å². The smallest absolute Gasteiger partial charge is 0.140 e. The molecule has 0 bridgehead atoms. The molecule has 0 radical (unpaired) electrons. The fourth-order valence-electron chi connectivity index (χ4n) is 1.94. The van der Waals surface area contributed by atoms with Gasteiger partial charge in [0.1, 0.15) is 5.82 Å². The normalized spacial score (nSPS) is 18.9. The Hall–Kier alpha value is -0.650.